The number of H-pyrrole nitrogens is 1. The van der Waals surface area contributed by atoms with Gasteiger partial charge in [-0.2, -0.15) is 0 Å². The molecule has 1 heterocycles. The predicted octanol–water partition coefficient (Wildman–Crippen LogP) is 3.47. The van der Waals surface area contributed by atoms with Crippen LogP contribution in [0, 0.1) is 16.7 Å². The van der Waals surface area contributed by atoms with Crippen LogP contribution in [0.25, 0.3) is 10.9 Å². The molecular formula is C20H24N2O2. The van der Waals surface area contributed by atoms with Gasteiger partial charge in [-0.3, -0.25) is 9.59 Å². The maximum absolute atomic E-state index is 12.9. The number of hydrogen-bond donors (Lipinski definition) is 2. The molecular weight excluding hydrogens is 300 g/mol. The van der Waals surface area contributed by atoms with E-state index in [4.69, 9.17) is 0 Å². The number of nitrogens with one attached hydrogen (secondary N) is 2. The van der Waals surface area contributed by atoms with Gasteiger partial charge in [0.15, 0.2) is 0 Å². The van der Waals surface area contributed by atoms with Gasteiger partial charge in [-0.1, -0.05) is 39.0 Å². The summed E-state index contributed by atoms with van der Waals surface area (Å²) >= 11 is 0. The molecule has 2 aromatic rings. The second kappa shape index (κ2) is 4.95. The molecule has 126 valence electrons. The monoisotopic (exact) mass is 324 g/mol. The molecule has 1 aromatic heterocycles. The van der Waals surface area contributed by atoms with E-state index in [1.54, 1.807) is 0 Å². The number of pyridine rings is 1. The molecule has 3 atom stereocenters. The van der Waals surface area contributed by atoms with Gasteiger partial charge < -0.3 is 10.3 Å². The maximum Gasteiger partial charge on any atom is 0.252 e. The Morgan fingerprint density at radius 2 is 2.00 bits per heavy atom. The first kappa shape index (κ1) is 15.4. The van der Waals surface area contributed by atoms with E-state index in [-0.39, 0.29) is 28.3 Å². The van der Waals surface area contributed by atoms with E-state index in [2.05, 4.69) is 31.1 Å². The molecule has 2 N–H and O–H groups in total. The third kappa shape index (κ3) is 1.98. The molecule has 2 aliphatic carbocycles. The Balaban J connectivity index is 1.68. The number of benzene rings is 1. The highest BCUT2D eigenvalue weighted by atomic mass is 16.2. The van der Waals surface area contributed by atoms with E-state index in [0.29, 0.717) is 17.0 Å². The van der Waals surface area contributed by atoms with Crippen molar-refractivity contribution in [3.63, 3.8) is 0 Å². The Bertz CT molecular complexity index is 883. The molecule has 24 heavy (non-hydrogen) atoms. The minimum absolute atomic E-state index is 0.129. The van der Waals surface area contributed by atoms with Crippen LogP contribution in [-0.2, 0) is 0 Å². The summed E-state index contributed by atoms with van der Waals surface area (Å²) in [5, 5.41) is 4.04. The number of amides is 1. The molecule has 2 fully saturated rings. The van der Waals surface area contributed by atoms with Crippen molar-refractivity contribution in [2.45, 2.75) is 46.1 Å². The third-order valence-corrected chi connectivity index (χ3v) is 7.09. The van der Waals surface area contributed by atoms with Crippen LogP contribution in [0.4, 0.5) is 0 Å². The zero-order valence-corrected chi connectivity index (χ0v) is 14.5. The number of carbonyl (C=O) groups is 1. The molecule has 0 saturated heterocycles. The lowest BCUT2D eigenvalue weighted by atomic mass is 9.69. The van der Waals surface area contributed by atoms with Gasteiger partial charge in [0.2, 0.25) is 5.56 Å². The van der Waals surface area contributed by atoms with Crippen LogP contribution in [0.2, 0.25) is 0 Å². The molecule has 2 saturated carbocycles. The average Bonchev–Trinajstić information content (AvgIpc) is 2.87. The lowest BCUT2D eigenvalue weighted by Crippen LogP contribution is -2.47. The van der Waals surface area contributed by atoms with Gasteiger partial charge in [0.05, 0.1) is 5.56 Å². The Kier molecular flexibility index (Phi) is 3.18. The molecule has 0 spiro atoms. The van der Waals surface area contributed by atoms with Crippen molar-refractivity contribution in [3.05, 3.63) is 46.2 Å². The van der Waals surface area contributed by atoms with Crippen LogP contribution in [0.3, 0.4) is 0 Å². The highest BCUT2D eigenvalue weighted by Crippen LogP contribution is 2.65. The molecule has 0 aliphatic heterocycles. The largest absolute Gasteiger partial charge is 0.349 e. The topological polar surface area (TPSA) is 62.0 Å². The molecule has 0 radical (unpaired) electrons. The van der Waals surface area contributed by atoms with Crippen molar-refractivity contribution in [1.82, 2.24) is 10.3 Å². The van der Waals surface area contributed by atoms with Gasteiger partial charge in [-0.05, 0) is 42.1 Å². The van der Waals surface area contributed by atoms with E-state index >= 15 is 0 Å². The zero-order chi connectivity index (χ0) is 17.1. The zero-order valence-electron chi connectivity index (χ0n) is 14.5. The first-order valence-electron chi connectivity index (χ1n) is 8.76. The maximum atomic E-state index is 12.9. The standard InChI is InChI=1S/C20H24N2O2/c1-19(2)12-8-9-20(19,3)16(10-12)22-18(24)14-11-17(23)21-15-7-5-4-6-13(14)15/h4-7,11-12,16H,8-10H2,1-3H3,(H,21,23)(H,22,24)/t12-,16-,20-/m1/s1. The predicted molar refractivity (Wildman–Crippen MR) is 95.1 cm³/mol. The van der Waals surface area contributed by atoms with Crippen LogP contribution in [-0.4, -0.2) is 16.9 Å². The third-order valence-electron chi connectivity index (χ3n) is 7.09. The summed E-state index contributed by atoms with van der Waals surface area (Å²) in [5.41, 5.74) is 1.32. The average molecular weight is 324 g/mol. The quantitative estimate of drug-likeness (QED) is 0.888. The van der Waals surface area contributed by atoms with E-state index in [1.165, 1.54) is 12.5 Å². The lowest BCUT2D eigenvalue weighted by molar-refractivity contribution is 0.0827. The first-order chi connectivity index (χ1) is 11.3. The van der Waals surface area contributed by atoms with Crippen LogP contribution in [0.5, 0.6) is 0 Å². The van der Waals surface area contributed by atoms with Crippen molar-refractivity contribution >= 4 is 16.8 Å². The number of hydrogen-bond acceptors (Lipinski definition) is 2. The van der Waals surface area contributed by atoms with E-state index in [9.17, 15) is 9.59 Å². The Hall–Kier alpha value is -2.10. The summed E-state index contributed by atoms with van der Waals surface area (Å²) in [6.45, 7) is 6.97. The molecule has 4 nitrogen and oxygen atoms in total. The summed E-state index contributed by atoms with van der Waals surface area (Å²) < 4.78 is 0. The minimum atomic E-state index is -0.238. The van der Waals surface area contributed by atoms with Crippen molar-refractivity contribution in [1.29, 1.82) is 0 Å². The lowest BCUT2D eigenvalue weighted by Gasteiger charge is -2.39. The van der Waals surface area contributed by atoms with E-state index in [1.807, 2.05) is 24.3 Å². The van der Waals surface area contributed by atoms with Gasteiger partial charge in [-0.25, -0.2) is 0 Å². The molecule has 2 bridgehead atoms. The number of fused-ring (bicyclic) bond motifs is 3. The molecule has 4 rings (SSSR count). The van der Waals surface area contributed by atoms with Crippen molar-refractivity contribution in [2.75, 3.05) is 0 Å². The number of para-hydroxylation sites is 1. The highest BCUT2D eigenvalue weighted by Gasteiger charge is 2.61. The normalized spacial score (nSPS) is 30.6. The second-order valence-corrected chi connectivity index (χ2v) is 8.23. The second-order valence-electron chi connectivity index (χ2n) is 8.23. The van der Waals surface area contributed by atoms with Gasteiger partial charge in [0.25, 0.3) is 5.91 Å². The fraction of sp³-hybridized carbons (Fsp3) is 0.500. The summed E-state index contributed by atoms with van der Waals surface area (Å²) in [6.07, 6.45) is 3.45. The van der Waals surface area contributed by atoms with Gasteiger partial charge >= 0.3 is 0 Å². The molecule has 0 unspecified atom stereocenters. The number of rotatable bonds is 2. The Morgan fingerprint density at radius 3 is 2.67 bits per heavy atom. The van der Waals surface area contributed by atoms with E-state index < -0.39 is 0 Å². The minimum Gasteiger partial charge on any atom is -0.349 e. The molecule has 2 aliphatic rings. The summed E-state index contributed by atoms with van der Waals surface area (Å²) in [7, 11) is 0. The van der Waals surface area contributed by atoms with Crippen LogP contribution in [0.1, 0.15) is 50.4 Å². The summed E-state index contributed by atoms with van der Waals surface area (Å²) in [4.78, 5) is 27.6. The molecule has 1 aromatic carbocycles. The number of aromatic amines is 1. The molecule has 1 amide bonds. The SMILES string of the molecule is CC1(C)[C@@H]2CC[C@]1(C)[C@H](NC(=O)c1cc(=O)[nH]c3ccccc13)C2. The fourth-order valence-corrected chi connectivity index (χ4v) is 5.05. The van der Waals surface area contributed by atoms with E-state index in [0.717, 1.165) is 18.2 Å². The van der Waals surface area contributed by atoms with Gasteiger partial charge in [0, 0.05) is 23.0 Å². The Labute approximate surface area is 141 Å². The first-order valence-corrected chi connectivity index (χ1v) is 8.76. The highest BCUT2D eigenvalue weighted by molar-refractivity contribution is 6.06. The van der Waals surface area contributed by atoms with Crippen LogP contribution < -0.4 is 10.9 Å². The van der Waals surface area contributed by atoms with Crippen molar-refractivity contribution in [3.8, 4) is 0 Å². The summed E-state index contributed by atoms with van der Waals surface area (Å²) in [5.74, 6) is 0.538. The van der Waals surface area contributed by atoms with Crippen LogP contribution in [0.15, 0.2) is 35.1 Å². The Morgan fingerprint density at radius 1 is 1.25 bits per heavy atom. The summed E-state index contributed by atoms with van der Waals surface area (Å²) in [6, 6.07) is 9.05. The smallest absolute Gasteiger partial charge is 0.252 e. The number of carbonyl (C=O) groups excluding carboxylic acids is 1. The van der Waals surface area contributed by atoms with Crippen molar-refractivity contribution < 1.29 is 4.79 Å². The number of aromatic nitrogens is 1. The fourth-order valence-electron chi connectivity index (χ4n) is 5.05. The van der Waals surface area contributed by atoms with Gasteiger partial charge in [0.1, 0.15) is 0 Å². The van der Waals surface area contributed by atoms with Crippen molar-refractivity contribution in [2.24, 2.45) is 16.7 Å². The molecule has 4 heteroatoms. The van der Waals surface area contributed by atoms with Gasteiger partial charge in [-0.15, -0.1) is 0 Å². The van der Waals surface area contributed by atoms with Crippen LogP contribution >= 0.6 is 0 Å².